The lowest BCUT2D eigenvalue weighted by molar-refractivity contribution is -0.0604. The van der Waals surface area contributed by atoms with E-state index < -0.39 is 0 Å². The van der Waals surface area contributed by atoms with E-state index in [1.165, 1.54) is 12.1 Å². The molecule has 0 aromatic heterocycles. The lowest BCUT2D eigenvalue weighted by Crippen LogP contribution is -2.51. The molecule has 2 atom stereocenters. The molecule has 30 heavy (non-hydrogen) atoms. The number of ether oxygens (including phenoxy) is 1. The maximum absolute atomic E-state index is 13.3. The monoisotopic (exact) mass is 412 g/mol. The van der Waals surface area contributed by atoms with Gasteiger partial charge in [-0.2, -0.15) is 0 Å². The van der Waals surface area contributed by atoms with Crippen molar-refractivity contribution in [3.63, 3.8) is 0 Å². The SMILES string of the molecule is CN=C(NCCc1cccc(C(=O)NC)c1)N1CC(C)OC(c2ccc(F)cc2)C1. The Kier molecular flexibility index (Phi) is 7.41. The number of carbonyl (C=O) groups is 1. The summed E-state index contributed by atoms with van der Waals surface area (Å²) in [6.45, 7) is 4.09. The van der Waals surface area contributed by atoms with Gasteiger partial charge in [-0.1, -0.05) is 24.3 Å². The molecule has 2 unspecified atom stereocenters. The number of amides is 1. The van der Waals surface area contributed by atoms with Crippen molar-refractivity contribution in [3.05, 3.63) is 71.0 Å². The second kappa shape index (κ2) is 10.2. The zero-order valence-corrected chi connectivity index (χ0v) is 17.7. The number of nitrogens with zero attached hydrogens (tertiary/aromatic N) is 2. The smallest absolute Gasteiger partial charge is 0.251 e. The van der Waals surface area contributed by atoms with E-state index in [0.29, 0.717) is 18.7 Å². The predicted octanol–water partition coefficient (Wildman–Crippen LogP) is 2.77. The van der Waals surface area contributed by atoms with Crippen molar-refractivity contribution in [2.24, 2.45) is 4.99 Å². The zero-order chi connectivity index (χ0) is 21.5. The van der Waals surface area contributed by atoms with Gasteiger partial charge in [-0.05, 0) is 48.7 Å². The standard InChI is InChI=1S/C23H29FN4O2/c1-16-14-28(15-21(30-16)18-7-9-20(24)10-8-18)23(26-3)27-12-11-17-5-4-6-19(13-17)22(29)25-2/h4-10,13,16,21H,11-12,14-15H2,1-3H3,(H,25,29)(H,26,27). The summed E-state index contributed by atoms with van der Waals surface area (Å²) in [4.78, 5) is 18.4. The summed E-state index contributed by atoms with van der Waals surface area (Å²) in [5.74, 6) is 0.465. The second-order valence-corrected chi connectivity index (χ2v) is 7.40. The number of nitrogens with one attached hydrogen (secondary N) is 2. The Balaban J connectivity index is 1.60. The normalized spacial score (nSPS) is 19.5. The topological polar surface area (TPSA) is 66.0 Å². The third-order valence-corrected chi connectivity index (χ3v) is 5.13. The van der Waals surface area contributed by atoms with E-state index >= 15 is 0 Å². The molecule has 2 aromatic carbocycles. The molecule has 0 saturated carbocycles. The fraction of sp³-hybridized carbons (Fsp3) is 0.391. The van der Waals surface area contributed by atoms with Crippen LogP contribution in [-0.2, 0) is 11.2 Å². The molecule has 2 N–H and O–H groups in total. The second-order valence-electron chi connectivity index (χ2n) is 7.40. The maximum atomic E-state index is 13.3. The van der Waals surface area contributed by atoms with Crippen LogP contribution in [0.3, 0.4) is 0 Å². The van der Waals surface area contributed by atoms with Gasteiger partial charge in [0.15, 0.2) is 5.96 Å². The zero-order valence-electron chi connectivity index (χ0n) is 17.7. The number of rotatable bonds is 5. The number of carbonyl (C=O) groups excluding carboxylic acids is 1. The molecule has 1 fully saturated rings. The summed E-state index contributed by atoms with van der Waals surface area (Å²) in [7, 11) is 3.39. The molecule has 0 radical (unpaired) electrons. The molecule has 0 bridgehead atoms. The van der Waals surface area contributed by atoms with Crippen LogP contribution >= 0.6 is 0 Å². The highest BCUT2D eigenvalue weighted by atomic mass is 19.1. The Labute approximate surface area is 177 Å². The van der Waals surface area contributed by atoms with Gasteiger partial charge < -0.3 is 20.3 Å². The Morgan fingerprint density at radius 2 is 2.00 bits per heavy atom. The maximum Gasteiger partial charge on any atom is 0.251 e. The van der Waals surface area contributed by atoms with Gasteiger partial charge in [-0.25, -0.2) is 4.39 Å². The lowest BCUT2D eigenvalue weighted by atomic mass is 10.1. The molecule has 2 aromatic rings. The summed E-state index contributed by atoms with van der Waals surface area (Å²) >= 11 is 0. The van der Waals surface area contributed by atoms with Crippen LogP contribution < -0.4 is 10.6 Å². The van der Waals surface area contributed by atoms with Gasteiger partial charge in [0.05, 0.1) is 12.6 Å². The average molecular weight is 413 g/mol. The molecule has 7 heteroatoms. The van der Waals surface area contributed by atoms with Gasteiger partial charge in [0.25, 0.3) is 5.91 Å². The van der Waals surface area contributed by atoms with Gasteiger partial charge in [-0.3, -0.25) is 9.79 Å². The van der Waals surface area contributed by atoms with Crippen LogP contribution in [0.25, 0.3) is 0 Å². The number of benzene rings is 2. The number of aliphatic imine (C=N–C) groups is 1. The largest absolute Gasteiger partial charge is 0.367 e. The minimum absolute atomic E-state index is 0.0246. The Morgan fingerprint density at radius 3 is 2.70 bits per heavy atom. The van der Waals surface area contributed by atoms with Crippen LogP contribution in [0, 0.1) is 5.82 Å². The highest BCUT2D eigenvalue weighted by Gasteiger charge is 2.28. The molecule has 3 rings (SSSR count). The van der Waals surface area contributed by atoms with E-state index in [9.17, 15) is 9.18 Å². The Bertz CT molecular complexity index is 885. The molecule has 0 aliphatic carbocycles. The predicted molar refractivity (Wildman–Crippen MR) is 116 cm³/mol. The number of halogens is 1. The summed E-state index contributed by atoms with van der Waals surface area (Å²) in [6.07, 6.45) is 0.652. The van der Waals surface area contributed by atoms with Gasteiger partial charge in [0.1, 0.15) is 11.9 Å². The van der Waals surface area contributed by atoms with Crippen LogP contribution in [0.4, 0.5) is 4.39 Å². The van der Waals surface area contributed by atoms with Crippen molar-refractivity contribution in [3.8, 4) is 0 Å². The highest BCUT2D eigenvalue weighted by molar-refractivity contribution is 5.94. The van der Waals surface area contributed by atoms with Crippen molar-refractivity contribution in [1.29, 1.82) is 0 Å². The van der Waals surface area contributed by atoms with Gasteiger partial charge in [-0.15, -0.1) is 0 Å². The van der Waals surface area contributed by atoms with Crippen LogP contribution in [0.1, 0.15) is 34.5 Å². The summed E-state index contributed by atoms with van der Waals surface area (Å²) < 4.78 is 19.3. The van der Waals surface area contributed by atoms with Crippen LogP contribution in [0.5, 0.6) is 0 Å². The molecular formula is C23H29FN4O2. The first-order valence-electron chi connectivity index (χ1n) is 10.2. The molecule has 1 aliphatic heterocycles. The minimum Gasteiger partial charge on any atom is -0.367 e. The van der Waals surface area contributed by atoms with E-state index in [4.69, 9.17) is 4.74 Å². The number of morpholine rings is 1. The molecule has 0 spiro atoms. The molecular weight excluding hydrogens is 383 g/mol. The number of guanidine groups is 1. The summed E-state index contributed by atoms with van der Waals surface area (Å²) in [5, 5.41) is 6.06. The number of hydrogen-bond donors (Lipinski definition) is 2. The first-order chi connectivity index (χ1) is 14.5. The fourth-order valence-corrected chi connectivity index (χ4v) is 3.65. The van der Waals surface area contributed by atoms with Crippen LogP contribution in [0.15, 0.2) is 53.5 Å². The quantitative estimate of drug-likeness (QED) is 0.586. The van der Waals surface area contributed by atoms with Gasteiger partial charge >= 0.3 is 0 Å². The molecule has 1 aliphatic rings. The molecule has 1 amide bonds. The molecule has 6 nitrogen and oxygen atoms in total. The first kappa shape index (κ1) is 21.8. The third kappa shape index (κ3) is 5.57. The van der Waals surface area contributed by atoms with Crippen LogP contribution in [-0.4, -0.2) is 56.6 Å². The van der Waals surface area contributed by atoms with Gasteiger partial charge in [0, 0.05) is 32.7 Å². The summed E-state index contributed by atoms with van der Waals surface area (Å²) in [6, 6.07) is 14.1. The Hall–Kier alpha value is -2.93. The average Bonchev–Trinajstić information content (AvgIpc) is 2.76. The molecule has 1 saturated heterocycles. The fourth-order valence-electron chi connectivity index (χ4n) is 3.65. The highest BCUT2D eigenvalue weighted by Crippen LogP contribution is 2.25. The van der Waals surface area contributed by atoms with E-state index in [-0.39, 0.29) is 23.9 Å². The van der Waals surface area contributed by atoms with Crippen LogP contribution in [0.2, 0.25) is 0 Å². The lowest BCUT2D eigenvalue weighted by Gasteiger charge is -2.38. The van der Waals surface area contributed by atoms with E-state index in [1.54, 1.807) is 32.3 Å². The van der Waals surface area contributed by atoms with Gasteiger partial charge in [0.2, 0.25) is 0 Å². The molecule has 160 valence electrons. The Morgan fingerprint density at radius 1 is 1.23 bits per heavy atom. The molecule has 1 heterocycles. The van der Waals surface area contributed by atoms with Crippen molar-refractivity contribution in [2.45, 2.75) is 25.6 Å². The third-order valence-electron chi connectivity index (χ3n) is 5.13. The summed E-state index contributed by atoms with van der Waals surface area (Å²) in [5.41, 5.74) is 2.69. The first-order valence-corrected chi connectivity index (χ1v) is 10.2. The van der Waals surface area contributed by atoms with Crippen molar-refractivity contribution >= 4 is 11.9 Å². The number of hydrogen-bond acceptors (Lipinski definition) is 3. The van der Waals surface area contributed by atoms with Crippen molar-refractivity contribution in [1.82, 2.24) is 15.5 Å². The minimum atomic E-state index is -0.252. The van der Waals surface area contributed by atoms with E-state index in [2.05, 4.69) is 20.5 Å². The van der Waals surface area contributed by atoms with Crippen molar-refractivity contribution < 1.29 is 13.9 Å². The van der Waals surface area contributed by atoms with Crippen molar-refractivity contribution in [2.75, 3.05) is 33.7 Å². The van der Waals surface area contributed by atoms with E-state index in [1.807, 2.05) is 25.1 Å². The van der Waals surface area contributed by atoms with E-state index in [0.717, 1.165) is 30.1 Å².